The molecule has 1 aliphatic rings. The van der Waals surface area contributed by atoms with Gasteiger partial charge in [-0.15, -0.1) is 0 Å². The van der Waals surface area contributed by atoms with Crippen molar-refractivity contribution in [3.05, 3.63) is 128 Å². The van der Waals surface area contributed by atoms with Crippen molar-refractivity contribution in [2.45, 2.75) is 83.1 Å². The second kappa shape index (κ2) is 21.0. The summed E-state index contributed by atoms with van der Waals surface area (Å²) in [5.41, 5.74) is -0.394. The van der Waals surface area contributed by atoms with Crippen LogP contribution in [0.3, 0.4) is 0 Å². The lowest BCUT2D eigenvalue weighted by atomic mass is 9.80. The minimum Gasteiger partial charge on any atom is -0.497 e. The van der Waals surface area contributed by atoms with Gasteiger partial charge in [0, 0.05) is 30.3 Å². The van der Waals surface area contributed by atoms with Crippen LogP contribution in [0, 0.1) is 22.7 Å². The van der Waals surface area contributed by atoms with Crippen molar-refractivity contribution >= 4 is 14.5 Å². The number of hydrogen-bond acceptors (Lipinski definition) is 13. The Morgan fingerprint density at radius 1 is 0.915 bits per heavy atom. The van der Waals surface area contributed by atoms with Gasteiger partial charge in [0.25, 0.3) is 14.1 Å². The number of hydrogen-bond donors (Lipinski definition) is 1. The summed E-state index contributed by atoms with van der Waals surface area (Å²) in [6.45, 7) is 7.70. The van der Waals surface area contributed by atoms with Crippen LogP contribution in [0.2, 0.25) is 0 Å². The highest BCUT2D eigenvalue weighted by Crippen LogP contribution is 2.50. The fourth-order valence-corrected chi connectivity index (χ4v) is 8.77. The summed E-state index contributed by atoms with van der Waals surface area (Å²) in [5.74, 6) is 0.517. The van der Waals surface area contributed by atoms with E-state index in [0.29, 0.717) is 11.5 Å². The number of aromatic nitrogens is 2. The highest BCUT2D eigenvalue weighted by Gasteiger charge is 2.45. The largest absolute Gasteiger partial charge is 0.497 e. The molecule has 1 aromatic heterocycles. The van der Waals surface area contributed by atoms with E-state index in [0.717, 1.165) is 16.7 Å². The van der Waals surface area contributed by atoms with E-state index in [4.69, 9.17) is 38.0 Å². The zero-order valence-corrected chi connectivity index (χ0v) is 34.9. The molecule has 4 aromatic rings. The van der Waals surface area contributed by atoms with Crippen molar-refractivity contribution in [3.8, 4) is 23.6 Å². The van der Waals surface area contributed by atoms with Crippen LogP contribution in [-0.4, -0.2) is 78.5 Å². The third-order valence-electron chi connectivity index (χ3n) is 9.69. The van der Waals surface area contributed by atoms with E-state index < -0.39 is 62.8 Å². The van der Waals surface area contributed by atoms with E-state index in [1.165, 1.54) is 10.8 Å². The minimum atomic E-state index is -1.77. The van der Waals surface area contributed by atoms with Crippen LogP contribution in [0.4, 0.5) is 0 Å². The first-order chi connectivity index (χ1) is 28.4. The van der Waals surface area contributed by atoms with E-state index in [-0.39, 0.29) is 43.7 Å². The van der Waals surface area contributed by atoms with E-state index in [9.17, 15) is 19.6 Å². The summed E-state index contributed by atoms with van der Waals surface area (Å²) in [4.78, 5) is 41.0. The zero-order valence-electron chi connectivity index (χ0n) is 34.0. The van der Waals surface area contributed by atoms with Gasteiger partial charge in [0.1, 0.15) is 35.5 Å². The van der Waals surface area contributed by atoms with E-state index in [1.807, 2.05) is 107 Å². The minimum absolute atomic E-state index is 0.00273. The fourth-order valence-electron chi connectivity index (χ4n) is 7.01. The van der Waals surface area contributed by atoms with Crippen LogP contribution in [0.5, 0.6) is 11.5 Å². The van der Waals surface area contributed by atoms with Gasteiger partial charge in [-0.2, -0.15) is 10.5 Å². The number of ether oxygens (including phenoxy) is 5. The molecule has 4 atom stereocenters. The molecular weight excluding hydrogens is 777 g/mol. The smallest absolute Gasteiger partial charge is 0.330 e. The molecule has 2 heterocycles. The summed E-state index contributed by atoms with van der Waals surface area (Å²) in [6.07, 6.45) is -1.49. The van der Waals surface area contributed by atoms with Gasteiger partial charge in [0.2, 0.25) is 0 Å². The van der Waals surface area contributed by atoms with Crippen molar-refractivity contribution in [2.75, 3.05) is 34.0 Å². The Morgan fingerprint density at radius 3 is 2.05 bits per heavy atom. The number of nitrogens with one attached hydrogen (secondary N) is 1. The van der Waals surface area contributed by atoms with Crippen molar-refractivity contribution in [3.63, 3.8) is 0 Å². The highest BCUT2D eigenvalue weighted by atomic mass is 31.2. The van der Waals surface area contributed by atoms with Gasteiger partial charge in [-0.05, 0) is 68.7 Å². The molecule has 1 N–H and O–H groups in total. The topological polar surface area (TPSA) is 187 Å². The van der Waals surface area contributed by atoms with Gasteiger partial charge < -0.3 is 32.7 Å². The summed E-state index contributed by atoms with van der Waals surface area (Å²) in [5, 5.41) is 18.2. The average molecular weight is 828 g/mol. The highest BCUT2D eigenvalue weighted by molar-refractivity contribution is 7.44. The van der Waals surface area contributed by atoms with Crippen LogP contribution in [0.25, 0.3) is 0 Å². The number of H-pyrrole nitrogens is 1. The molecule has 0 radical (unpaired) electrons. The molecule has 0 aliphatic carbocycles. The van der Waals surface area contributed by atoms with Crippen molar-refractivity contribution in [1.82, 2.24) is 14.2 Å². The molecule has 0 amide bonds. The molecule has 5 rings (SSSR count). The lowest BCUT2D eigenvalue weighted by Crippen LogP contribution is -2.39. The summed E-state index contributed by atoms with van der Waals surface area (Å²) in [6, 6.07) is 28.8. The lowest BCUT2D eigenvalue weighted by molar-refractivity contribution is -0.141. The molecular formula is C43H50N5O10P. The van der Waals surface area contributed by atoms with Gasteiger partial charge >= 0.3 is 11.7 Å². The number of nitrogens with zero attached hydrogens (tertiary/aromatic N) is 4. The first kappa shape index (κ1) is 44.7. The number of carbonyl (C=O) groups is 1. The SMILES string of the molecule is COc1ccc(C(OC[C@H]2O[C@@H](n3cc(CC(=O)OCC#N)c(=O)[nH]c3=O)C[C@@H]2OP(OCCC#N)N(C(C)C)C(C)C)(c2ccccc2)c2ccc(OC)cc2)cc1. The maximum absolute atomic E-state index is 13.4. The first-order valence-electron chi connectivity index (χ1n) is 19.2. The van der Waals surface area contributed by atoms with E-state index in [1.54, 1.807) is 20.3 Å². The molecule has 1 unspecified atom stereocenters. The molecule has 0 bridgehead atoms. The maximum atomic E-state index is 13.4. The monoisotopic (exact) mass is 827 g/mol. The number of nitriles is 2. The number of rotatable bonds is 20. The molecule has 59 heavy (non-hydrogen) atoms. The van der Waals surface area contributed by atoms with Crippen LogP contribution in [-0.2, 0) is 40.1 Å². The molecule has 3 aromatic carbocycles. The molecule has 1 fully saturated rings. The van der Waals surface area contributed by atoms with Crippen molar-refractivity contribution in [1.29, 1.82) is 10.5 Å². The summed E-state index contributed by atoms with van der Waals surface area (Å²) >= 11 is 0. The molecule has 16 heteroatoms. The molecule has 0 spiro atoms. The van der Waals surface area contributed by atoms with Gasteiger partial charge in [-0.25, -0.2) is 9.46 Å². The number of benzene rings is 3. The number of esters is 1. The van der Waals surface area contributed by atoms with Crippen LogP contribution in [0.1, 0.15) is 69.0 Å². The predicted octanol–water partition coefficient (Wildman–Crippen LogP) is 6.12. The molecule has 1 saturated heterocycles. The summed E-state index contributed by atoms with van der Waals surface area (Å²) < 4.78 is 46.3. The fraction of sp³-hybridized carbons (Fsp3) is 0.419. The second-order valence-electron chi connectivity index (χ2n) is 14.2. The van der Waals surface area contributed by atoms with Crippen LogP contribution >= 0.6 is 8.53 Å². The molecule has 0 saturated carbocycles. The Kier molecular flexibility index (Phi) is 16.0. The van der Waals surface area contributed by atoms with Crippen molar-refractivity contribution < 1.29 is 37.5 Å². The number of aromatic amines is 1. The van der Waals surface area contributed by atoms with Gasteiger partial charge in [0.05, 0.1) is 52.4 Å². The van der Waals surface area contributed by atoms with E-state index in [2.05, 4.69) is 15.7 Å². The quantitative estimate of drug-likeness (QED) is 0.0465. The second-order valence-corrected chi connectivity index (χ2v) is 15.6. The zero-order chi connectivity index (χ0) is 42.5. The van der Waals surface area contributed by atoms with Gasteiger partial charge in [-0.1, -0.05) is 54.6 Å². The van der Waals surface area contributed by atoms with E-state index >= 15 is 0 Å². The standard InChI is InChI=1S/C43H50N5O10P/c1-29(2)48(30(3)4)59(56-23-10-21-44)58-37-26-39(47-27-31(41(50)46-42(47)51)25-40(49)54-24-22-45)57-38(37)28-55-43(32-11-8-7-9-12-32,33-13-17-35(52-5)18-14-33)34-15-19-36(53-6)20-16-34/h7-9,11-20,27,29-30,37-39H,10,23-26,28H2,1-6H3,(H,46,50,51)/t37-,38+,39+,59?/m0/s1. The number of carbonyl (C=O) groups excluding carboxylic acids is 1. The third-order valence-corrected chi connectivity index (χ3v) is 11.8. The predicted molar refractivity (Wildman–Crippen MR) is 218 cm³/mol. The Bertz CT molecular complexity index is 2130. The Hall–Kier alpha value is -5.38. The van der Waals surface area contributed by atoms with Crippen LogP contribution in [0.15, 0.2) is 94.6 Å². The summed E-state index contributed by atoms with van der Waals surface area (Å²) in [7, 11) is 1.43. The Morgan fingerprint density at radius 2 is 1.51 bits per heavy atom. The molecule has 312 valence electrons. The molecule has 15 nitrogen and oxygen atoms in total. The first-order valence-corrected chi connectivity index (χ1v) is 20.3. The third kappa shape index (κ3) is 10.8. The Balaban J connectivity index is 1.61. The van der Waals surface area contributed by atoms with Crippen LogP contribution < -0.4 is 20.7 Å². The average Bonchev–Trinajstić information content (AvgIpc) is 3.63. The lowest BCUT2D eigenvalue weighted by Gasteiger charge is -2.39. The van der Waals surface area contributed by atoms with Gasteiger partial charge in [0.15, 0.2) is 6.61 Å². The molecule has 1 aliphatic heterocycles. The van der Waals surface area contributed by atoms with Gasteiger partial charge in [-0.3, -0.25) is 19.1 Å². The normalized spacial score (nSPS) is 17.1. The Labute approximate surface area is 344 Å². The number of methoxy groups -OCH3 is 2. The van der Waals surface area contributed by atoms with Crippen molar-refractivity contribution in [2.24, 2.45) is 0 Å². The maximum Gasteiger partial charge on any atom is 0.330 e.